The van der Waals surface area contributed by atoms with Crippen LogP contribution in [0.3, 0.4) is 0 Å². The number of ether oxygens (including phenoxy) is 1. The minimum Gasteiger partial charge on any atom is -0.457 e. The van der Waals surface area contributed by atoms with Crippen molar-refractivity contribution in [3.63, 3.8) is 0 Å². The van der Waals surface area contributed by atoms with Crippen molar-refractivity contribution in [3.8, 4) is 0 Å². The van der Waals surface area contributed by atoms with Gasteiger partial charge in [-0.15, -0.1) is 12.6 Å². The third-order valence-electron chi connectivity index (χ3n) is 2.29. The zero-order valence-electron chi connectivity index (χ0n) is 9.17. The van der Waals surface area contributed by atoms with E-state index in [1.807, 2.05) is 36.4 Å². The summed E-state index contributed by atoms with van der Waals surface area (Å²) in [5, 5.41) is 0. The van der Waals surface area contributed by atoms with Crippen LogP contribution in [0, 0.1) is 0 Å². The summed E-state index contributed by atoms with van der Waals surface area (Å²) in [6, 6.07) is 16.6. The summed E-state index contributed by atoms with van der Waals surface area (Å²) in [7, 11) is 0. The molecule has 0 unspecified atom stereocenters. The lowest BCUT2D eigenvalue weighted by Crippen LogP contribution is -2.04. The molecule has 0 saturated heterocycles. The molecule has 3 heteroatoms. The van der Waals surface area contributed by atoms with Crippen molar-refractivity contribution in [1.82, 2.24) is 0 Å². The van der Waals surface area contributed by atoms with Crippen LogP contribution in [0.15, 0.2) is 59.5 Å². The van der Waals surface area contributed by atoms with E-state index in [4.69, 9.17) is 4.74 Å². The number of hydrogen-bond donors (Lipinski definition) is 1. The summed E-state index contributed by atoms with van der Waals surface area (Å²) >= 11 is 4.18. The Labute approximate surface area is 106 Å². The van der Waals surface area contributed by atoms with Crippen LogP contribution in [-0.4, -0.2) is 5.97 Å². The lowest BCUT2D eigenvalue weighted by molar-refractivity contribution is 0.0472. The van der Waals surface area contributed by atoms with Crippen LogP contribution >= 0.6 is 12.6 Å². The smallest absolute Gasteiger partial charge is 0.338 e. The van der Waals surface area contributed by atoms with Crippen molar-refractivity contribution in [2.45, 2.75) is 11.5 Å². The molecule has 0 aliphatic carbocycles. The quantitative estimate of drug-likeness (QED) is 0.662. The molecule has 0 heterocycles. The van der Waals surface area contributed by atoms with Crippen molar-refractivity contribution < 1.29 is 9.53 Å². The summed E-state index contributed by atoms with van der Waals surface area (Å²) in [5.74, 6) is -0.329. The number of thiol groups is 1. The van der Waals surface area contributed by atoms with Crippen LogP contribution in [0.5, 0.6) is 0 Å². The van der Waals surface area contributed by atoms with Gasteiger partial charge in [-0.25, -0.2) is 4.79 Å². The maximum Gasteiger partial charge on any atom is 0.338 e. The monoisotopic (exact) mass is 244 g/mol. The molecule has 0 aromatic heterocycles. The first-order chi connectivity index (χ1) is 8.25. The van der Waals surface area contributed by atoms with Gasteiger partial charge in [0.2, 0.25) is 0 Å². The van der Waals surface area contributed by atoms with E-state index in [-0.39, 0.29) is 12.6 Å². The fourth-order valence-electron chi connectivity index (χ4n) is 1.44. The predicted molar refractivity (Wildman–Crippen MR) is 69.3 cm³/mol. The van der Waals surface area contributed by atoms with Gasteiger partial charge in [-0.3, -0.25) is 0 Å². The molecular formula is C14H12O2S. The van der Waals surface area contributed by atoms with Gasteiger partial charge in [0.1, 0.15) is 6.61 Å². The normalized spacial score (nSPS) is 9.94. The van der Waals surface area contributed by atoms with Gasteiger partial charge >= 0.3 is 5.97 Å². The Bertz CT molecular complexity index is 509. The molecule has 0 aliphatic heterocycles. The van der Waals surface area contributed by atoms with Gasteiger partial charge in [-0.05, 0) is 23.8 Å². The summed E-state index contributed by atoms with van der Waals surface area (Å²) in [5.41, 5.74) is 1.50. The Balaban J connectivity index is 1.98. The van der Waals surface area contributed by atoms with Crippen LogP contribution in [0.4, 0.5) is 0 Å². The molecule has 2 rings (SSSR count). The first-order valence-corrected chi connectivity index (χ1v) is 5.70. The topological polar surface area (TPSA) is 26.3 Å². The van der Waals surface area contributed by atoms with Gasteiger partial charge in [0.15, 0.2) is 0 Å². The van der Waals surface area contributed by atoms with E-state index in [1.165, 1.54) is 0 Å². The molecule has 0 N–H and O–H groups in total. The molecule has 0 saturated carbocycles. The highest BCUT2D eigenvalue weighted by molar-refractivity contribution is 7.80. The lowest BCUT2D eigenvalue weighted by Gasteiger charge is -2.05. The molecule has 2 aromatic rings. The molecule has 2 nitrogen and oxygen atoms in total. The molecule has 2 aromatic carbocycles. The number of hydrogen-bond acceptors (Lipinski definition) is 3. The second kappa shape index (κ2) is 5.55. The second-order valence-electron chi connectivity index (χ2n) is 3.61. The highest BCUT2D eigenvalue weighted by atomic mass is 32.1. The van der Waals surface area contributed by atoms with Gasteiger partial charge in [0, 0.05) is 4.90 Å². The molecule has 86 valence electrons. The first-order valence-electron chi connectivity index (χ1n) is 5.26. The van der Waals surface area contributed by atoms with Crippen LogP contribution in [-0.2, 0) is 11.3 Å². The summed E-state index contributed by atoms with van der Waals surface area (Å²) < 4.78 is 5.20. The Hall–Kier alpha value is -1.74. The van der Waals surface area contributed by atoms with Crippen molar-refractivity contribution in [2.75, 3.05) is 0 Å². The van der Waals surface area contributed by atoms with Gasteiger partial charge in [0.05, 0.1) is 5.56 Å². The van der Waals surface area contributed by atoms with Crippen molar-refractivity contribution in [3.05, 3.63) is 65.7 Å². The predicted octanol–water partition coefficient (Wildman–Crippen LogP) is 3.33. The van der Waals surface area contributed by atoms with E-state index in [0.29, 0.717) is 5.56 Å². The Morgan fingerprint density at radius 2 is 1.82 bits per heavy atom. The SMILES string of the molecule is O=C(OCc1ccccc1)c1cccc(S)c1. The van der Waals surface area contributed by atoms with Crippen LogP contribution < -0.4 is 0 Å². The molecule has 0 atom stereocenters. The van der Waals surface area contributed by atoms with Crippen LogP contribution in [0.1, 0.15) is 15.9 Å². The van der Waals surface area contributed by atoms with Gasteiger partial charge in [-0.1, -0.05) is 36.4 Å². The Morgan fingerprint density at radius 3 is 2.53 bits per heavy atom. The molecule has 0 radical (unpaired) electrons. The number of carbonyl (C=O) groups excluding carboxylic acids is 1. The zero-order chi connectivity index (χ0) is 12.1. The molecule has 0 spiro atoms. The largest absolute Gasteiger partial charge is 0.457 e. The minimum absolute atomic E-state index is 0.288. The number of benzene rings is 2. The van der Waals surface area contributed by atoms with Gasteiger partial charge in [0.25, 0.3) is 0 Å². The summed E-state index contributed by atoms with van der Waals surface area (Å²) in [6.45, 7) is 0.288. The number of rotatable bonds is 3. The standard InChI is InChI=1S/C14H12O2S/c15-14(12-7-4-8-13(17)9-12)16-10-11-5-2-1-3-6-11/h1-9,17H,10H2. The van der Waals surface area contributed by atoms with E-state index in [9.17, 15) is 4.79 Å². The summed E-state index contributed by atoms with van der Waals surface area (Å²) in [6.07, 6.45) is 0. The number of carbonyl (C=O) groups is 1. The molecule has 17 heavy (non-hydrogen) atoms. The zero-order valence-corrected chi connectivity index (χ0v) is 10.1. The molecule has 0 amide bonds. The molecule has 0 fully saturated rings. The van der Waals surface area contributed by atoms with Crippen molar-refractivity contribution in [2.24, 2.45) is 0 Å². The average Bonchev–Trinajstić information content (AvgIpc) is 2.37. The van der Waals surface area contributed by atoms with E-state index in [2.05, 4.69) is 12.6 Å². The molecule has 0 aliphatic rings. The first kappa shape index (κ1) is 11.7. The van der Waals surface area contributed by atoms with E-state index >= 15 is 0 Å². The van der Waals surface area contributed by atoms with E-state index < -0.39 is 0 Å². The van der Waals surface area contributed by atoms with Gasteiger partial charge < -0.3 is 4.74 Å². The van der Waals surface area contributed by atoms with Crippen LogP contribution in [0.2, 0.25) is 0 Å². The highest BCUT2D eigenvalue weighted by Gasteiger charge is 2.06. The average molecular weight is 244 g/mol. The second-order valence-corrected chi connectivity index (χ2v) is 4.13. The van der Waals surface area contributed by atoms with Crippen LogP contribution in [0.25, 0.3) is 0 Å². The minimum atomic E-state index is -0.329. The molecular weight excluding hydrogens is 232 g/mol. The van der Waals surface area contributed by atoms with E-state index in [0.717, 1.165) is 10.5 Å². The van der Waals surface area contributed by atoms with Gasteiger partial charge in [-0.2, -0.15) is 0 Å². The van der Waals surface area contributed by atoms with Crippen molar-refractivity contribution >= 4 is 18.6 Å². The fraction of sp³-hybridized carbons (Fsp3) is 0.0714. The lowest BCUT2D eigenvalue weighted by atomic mass is 10.2. The maximum atomic E-state index is 11.7. The number of esters is 1. The maximum absolute atomic E-state index is 11.7. The van der Waals surface area contributed by atoms with Crippen molar-refractivity contribution in [1.29, 1.82) is 0 Å². The highest BCUT2D eigenvalue weighted by Crippen LogP contribution is 2.11. The molecule has 0 bridgehead atoms. The Kier molecular flexibility index (Phi) is 3.83. The fourth-order valence-corrected chi connectivity index (χ4v) is 1.66. The Morgan fingerprint density at radius 1 is 1.06 bits per heavy atom. The van der Waals surface area contributed by atoms with E-state index in [1.54, 1.807) is 18.2 Å². The third kappa shape index (κ3) is 3.36. The third-order valence-corrected chi connectivity index (χ3v) is 2.57. The summed E-state index contributed by atoms with van der Waals surface area (Å²) in [4.78, 5) is 12.5.